The van der Waals surface area contributed by atoms with Crippen LogP contribution in [0.25, 0.3) is 11.0 Å². The third kappa shape index (κ3) is 2.99. The number of hydrogen-bond donors (Lipinski definition) is 1. The predicted octanol–water partition coefficient (Wildman–Crippen LogP) is 5.20. The normalized spacial score (nSPS) is 15.4. The van der Waals surface area contributed by atoms with Crippen LogP contribution in [0.4, 0.5) is 5.69 Å². The molecule has 0 bridgehead atoms. The first-order valence-corrected chi connectivity index (χ1v) is 10.7. The summed E-state index contributed by atoms with van der Waals surface area (Å²) in [4.78, 5) is 16.0. The van der Waals surface area contributed by atoms with Crippen molar-refractivity contribution < 1.29 is 14.5 Å². The molecule has 0 spiro atoms. The summed E-state index contributed by atoms with van der Waals surface area (Å²) in [6.45, 7) is 0. The van der Waals surface area contributed by atoms with E-state index in [9.17, 15) is 9.90 Å². The molecule has 6 heteroatoms. The SMILES string of the molecule is O=C1C(c2c(O)ccc3nonc23)c2ccccc2N1C(c1ccccc1)c1ccccc1. The highest BCUT2D eigenvalue weighted by Gasteiger charge is 2.44. The number of carbonyl (C=O) groups excluding carboxylic acids is 1. The molecular weight excluding hydrogens is 414 g/mol. The summed E-state index contributed by atoms with van der Waals surface area (Å²) in [5.74, 6) is -0.879. The highest BCUT2D eigenvalue weighted by atomic mass is 16.6. The van der Waals surface area contributed by atoms with Crippen molar-refractivity contribution in [3.05, 3.63) is 119 Å². The zero-order chi connectivity index (χ0) is 22.4. The molecule has 1 aliphatic heterocycles. The fourth-order valence-corrected chi connectivity index (χ4v) is 4.79. The summed E-state index contributed by atoms with van der Waals surface area (Å²) in [6.07, 6.45) is 0. The third-order valence-electron chi connectivity index (χ3n) is 6.21. The summed E-state index contributed by atoms with van der Waals surface area (Å²) in [5.41, 5.74) is 4.91. The number of phenols is 1. The molecule has 0 radical (unpaired) electrons. The number of para-hydroxylation sites is 1. The molecule has 0 aliphatic carbocycles. The molecule has 0 fully saturated rings. The fraction of sp³-hybridized carbons (Fsp3) is 0.0741. The second-order valence-electron chi connectivity index (χ2n) is 8.05. The zero-order valence-corrected chi connectivity index (χ0v) is 17.5. The summed E-state index contributed by atoms with van der Waals surface area (Å²) in [5, 5.41) is 18.7. The average Bonchev–Trinajstić information content (AvgIpc) is 3.44. The topological polar surface area (TPSA) is 79.5 Å². The maximum absolute atomic E-state index is 14.2. The number of benzene rings is 4. The van der Waals surface area contributed by atoms with Crippen molar-refractivity contribution in [3.63, 3.8) is 0 Å². The van der Waals surface area contributed by atoms with E-state index >= 15 is 0 Å². The van der Waals surface area contributed by atoms with Crippen LogP contribution >= 0.6 is 0 Å². The van der Waals surface area contributed by atoms with Crippen LogP contribution in [0.3, 0.4) is 0 Å². The lowest BCUT2D eigenvalue weighted by Crippen LogP contribution is -2.34. The van der Waals surface area contributed by atoms with Gasteiger partial charge < -0.3 is 5.11 Å². The Morgan fingerprint density at radius 3 is 2.12 bits per heavy atom. The van der Waals surface area contributed by atoms with Gasteiger partial charge in [0.15, 0.2) is 0 Å². The van der Waals surface area contributed by atoms with Gasteiger partial charge in [-0.05, 0) is 45.2 Å². The summed E-state index contributed by atoms with van der Waals surface area (Å²) in [6, 6.07) is 30.5. The van der Waals surface area contributed by atoms with Gasteiger partial charge in [-0.3, -0.25) is 9.69 Å². The van der Waals surface area contributed by atoms with Crippen LogP contribution in [0.2, 0.25) is 0 Å². The van der Waals surface area contributed by atoms with Gasteiger partial charge in [-0.25, -0.2) is 4.63 Å². The molecule has 1 atom stereocenters. The molecule has 160 valence electrons. The average molecular weight is 433 g/mol. The van der Waals surface area contributed by atoms with Crippen LogP contribution in [0.15, 0.2) is 102 Å². The number of nitrogens with zero attached hydrogens (tertiary/aromatic N) is 3. The van der Waals surface area contributed by atoms with E-state index in [4.69, 9.17) is 4.63 Å². The Labute approximate surface area is 189 Å². The number of fused-ring (bicyclic) bond motifs is 2. The van der Waals surface area contributed by atoms with E-state index in [0.29, 0.717) is 16.6 Å². The Balaban J connectivity index is 1.59. The fourth-order valence-electron chi connectivity index (χ4n) is 4.79. The molecule has 5 aromatic rings. The number of aromatic nitrogens is 2. The van der Waals surface area contributed by atoms with Crippen LogP contribution in [-0.2, 0) is 4.79 Å². The zero-order valence-electron chi connectivity index (χ0n) is 17.5. The van der Waals surface area contributed by atoms with Crippen molar-refractivity contribution in [1.29, 1.82) is 0 Å². The van der Waals surface area contributed by atoms with E-state index in [-0.39, 0.29) is 17.7 Å². The second kappa shape index (κ2) is 7.60. The van der Waals surface area contributed by atoms with Crippen molar-refractivity contribution in [3.8, 4) is 5.75 Å². The van der Waals surface area contributed by atoms with E-state index < -0.39 is 5.92 Å². The molecule has 1 aliphatic rings. The number of anilines is 1. The number of hydrogen-bond acceptors (Lipinski definition) is 5. The molecule has 1 aromatic heterocycles. The standard InChI is InChI=1S/C27H19N3O3/c31-22-16-15-20-25(29-33-28-20)24(22)23-19-13-7-8-14-21(19)30(27(23)32)26(17-9-3-1-4-10-17)18-11-5-2-6-12-18/h1-16,23,26,31H. The highest BCUT2D eigenvalue weighted by molar-refractivity contribution is 6.10. The molecule has 6 nitrogen and oxygen atoms in total. The Morgan fingerprint density at radius 1 is 0.788 bits per heavy atom. The molecule has 0 saturated heterocycles. The molecule has 6 rings (SSSR count). The van der Waals surface area contributed by atoms with E-state index in [1.165, 1.54) is 6.07 Å². The van der Waals surface area contributed by atoms with Gasteiger partial charge in [0.1, 0.15) is 16.8 Å². The van der Waals surface area contributed by atoms with Gasteiger partial charge in [-0.1, -0.05) is 78.9 Å². The minimum absolute atomic E-state index is 0.0100. The number of rotatable bonds is 4. The number of amides is 1. The van der Waals surface area contributed by atoms with Crippen molar-refractivity contribution in [2.75, 3.05) is 4.90 Å². The molecule has 0 saturated carbocycles. The van der Waals surface area contributed by atoms with Crippen LogP contribution in [0.1, 0.15) is 34.2 Å². The van der Waals surface area contributed by atoms with Crippen molar-refractivity contribution >= 4 is 22.6 Å². The summed E-state index contributed by atoms with van der Waals surface area (Å²) >= 11 is 0. The van der Waals surface area contributed by atoms with Gasteiger partial charge in [-0.15, -0.1) is 0 Å². The van der Waals surface area contributed by atoms with Crippen molar-refractivity contribution in [2.45, 2.75) is 12.0 Å². The molecule has 1 unspecified atom stereocenters. The monoisotopic (exact) mass is 433 g/mol. The van der Waals surface area contributed by atoms with Crippen LogP contribution in [0.5, 0.6) is 5.75 Å². The second-order valence-corrected chi connectivity index (χ2v) is 8.05. The van der Waals surface area contributed by atoms with Gasteiger partial charge in [0.2, 0.25) is 5.91 Å². The molecular formula is C27H19N3O3. The minimum Gasteiger partial charge on any atom is -0.508 e. The van der Waals surface area contributed by atoms with E-state index in [0.717, 1.165) is 22.4 Å². The number of aromatic hydroxyl groups is 1. The van der Waals surface area contributed by atoms with Crippen molar-refractivity contribution in [2.24, 2.45) is 0 Å². The van der Waals surface area contributed by atoms with Gasteiger partial charge in [0, 0.05) is 11.3 Å². The van der Waals surface area contributed by atoms with Crippen LogP contribution in [-0.4, -0.2) is 21.3 Å². The van der Waals surface area contributed by atoms with E-state index in [1.807, 2.05) is 89.8 Å². The number of phenolic OH excluding ortho intramolecular Hbond substituents is 1. The summed E-state index contributed by atoms with van der Waals surface area (Å²) in [7, 11) is 0. The molecule has 1 amide bonds. The number of carbonyl (C=O) groups is 1. The quantitative estimate of drug-likeness (QED) is 0.422. The van der Waals surface area contributed by atoms with Gasteiger partial charge in [-0.2, -0.15) is 0 Å². The first kappa shape index (κ1) is 19.3. The predicted molar refractivity (Wildman–Crippen MR) is 124 cm³/mol. The van der Waals surface area contributed by atoms with Gasteiger partial charge in [0.25, 0.3) is 0 Å². The van der Waals surface area contributed by atoms with Crippen molar-refractivity contribution in [1.82, 2.24) is 10.3 Å². The lowest BCUT2D eigenvalue weighted by molar-refractivity contribution is -0.118. The Morgan fingerprint density at radius 2 is 1.42 bits per heavy atom. The largest absolute Gasteiger partial charge is 0.508 e. The maximum atomic E-state index is 14.2. The van der Waals surface area contributed by atoms with Gasteiger partial charge in [0.05, 0.1) is 12.0 Å². The van der Waals surface area contributed by atoms with E-state index in [1.54, 1.807) is 6.07 Å². The smallest absolute Gasteiger partial charge is 0.240 e. The first-order chi connectivity index (χ1) is 16.2. The first-order valence-electron chi connectivity index (χ1n) is 10.7. The van der Waals surface area contributed by atoms with E-state index in [2.05, 4.69) is 10.3 Å². The minimum atomic E-state index is -0.730. The highest BCUT2D eigenvalue weighted by Crippen LogP contribution is 2.49. The molecule has 1 N–H and O–H groups in total. The van der Waals surface area contributed by atoms with Crippen LogP contribution < -0.4 is 4.90 Å². The Bertz CT molecular complexity index is 1420. The Kier molecular flexibility index (Phi) is 4.43. The maximum Gasteiger partial charge on any atom is 0.240 e. The van der Waals surface area contributed by atoms with Gasteiger partial charge >= 0.3 is 0 Å². The van der Waals surface area contributed by atoms with Crippen LogP contribution in [0, 0.1) is 0 Å². The molecule has 2 heterocycles. The molecule has 33 heavy (non-hydrogen) atoms. The summed E-state index contributed by atoms with van der Waals surface area (Å²) < 4.78 is 4.92. The lowest BCUT2D eigenvalue weighted by atomic mass is 9.90. The lowest BCUT2D eigenvalue weighted by Gasteiger charge is -2.30. The third-order valence-corrected chi connectivity index (χ3v) is 6.21. The Hall–Kier alpha value is -4.45. The molecule has 4 aromatic carbocycles.